The third kappa shape index (κ3) is 5.79. The molecule has 0 saturated carbocycles. The maximum absolute atomic E-state index is 15.4. The van der Waals surface area contributed by atoms with Crippen LogP contribution in [0.2, 0.25) is 0 Å². The summed E-state index contributed by atoms with van der Waals surface area (Å²) in [5.74, 6) is -0.268. The van der Waals surface area contributed by atoms with Crippen molar-refractivity contribution < 1.29 is 4.39 Å². The first-order valence-corrected chi connectivity index (χ1v) is 10.2. The molecule has 0 aromatic heterocycles. The smallest absolute Gasteiger partial charge is 0.138 e. The molecule has 1 heteroatoms. The van der Waals surface area contributed by atoms with Gasteiger partial charge in [-0.15, -0.1) is 0 Å². The molecule has 2 rings (SSSR count). The Morgan fingerprint density at radius 1 is 1.00 bits per heavy atom. The van der Waals surface area contributed by atoms with Gasteiger partial charge in [0.1, 0.15) is 5.83 Å². The van der Waals surface area contributed by atoms with Gasteiger partial charge in [0.2, 0.25) is 0 Å². The van der Waals surface area contributed by atoms with Gasteiger partial charge in [0.25, 0.3) is 0 Å². The number of hydrogen-bond donors (Lipinski definition) is 0. The monoisotopic (exact) mass is 378 g/mol. The summed E-state index contributed by atoms with van der Waals surface area (Å²) in [6.45, 7) is 18.5. The minimum absolute atomic E-state index is 0.268. The van der Waals surface area contributed by atoms with Crippen LogP contribution in [-0.2, 0) is 6.42 Å². The van der Waals surface area contributed by atoms with Crippen molar-refractivity contribution in [1.82, 2.24) is 0 Å². The first-order valence-electron chi connectivity index (χ1n) is 10.2. The number of allylic oxidation sites excluding steroid dienone is 5. The fourth-order valence-corrected chi connectivity index (χ4v) is 3.06. The topological polar surface area (TPSA) is 0 Å². The van der Waals surface area contributed by atoms with E-state index in [4.69, 9.17) is 0 Å². The Labute approximate surface area is 171 Å². The van der Waals surface area contributed by atoms with E-state index in [-0.39, 0.29) is 5.83 Å². The summed E-state index contributed by atoms with van der Waals surface area (Å²) < 4.78 is 15.4. The molecule has 2 aromatic carbocycles. The zero-order valence-electron chi connectivity index (χ0n) is 18.6. The third-order valence-corrected chi connectivity index (χ3v) is 4.80. The largest absolute Gasteiger partial charge is 0.206 e. The first kappa shape index (κ1) is 23.6. The Kier molecular flexibility index (Phi) is 9.65. The molecule has 0 nitrogen and oxygen atoms in total. The lowest BCUT2D eigenvalue weighted by Crippen LogP contribution is -1.95. The van der Waals surface area contributed by atoms with Gasteiger partial charge in [0.15, 0.2) is 0 Å². The predicted molar refractivity (Wildman–Crippen MR) is 124 cm³/mol. The molecule has 28 heavy (non-hydrogen) atoms. The zero-order valence-corrected chi connectivity index (χ0v) is 18.6. The Morgan fingerprint density at radius 3 is 2.18 bits per heavy atom. The molecular formula is C27H35F. The van der Waals surface area contributed by atoms with Crippen LogP contribution < -0.4 is 0 Å². The van der Waals surface area contributed by atoms with Crippen molar-refractivity contribution in [2.45, 2.75) is 61.3 Å². The Hall–Kier alpha value is -2.41. The van der Waals surface area contributed by atoms with Gasteiger partial charge in [-0.2, -0.15) is 0 Å². The summed E-state index contributed by atoms with van der Waals surface area (Å²) in [5, 5.41) is 0. The molecule has 0 saturated heterocycles. The Bertz CT molecular complexity index is 866. The summed E-state index contributed by atoms with van der Waals surface area (Å²) in [4.78, 5) is 0. The van der Waals surface area contributed by atoms with E-state index in [1.165, 1.54) is 17.5 Å². The summed E-state index contributed by atoms with van der Waals surface area (Å²) in [7, 11) is 0. The van der Waals surface area contributed by atoms with Crippen molar-refractivity contribution in [2.75, 3.05) is 0 Å². The second kappa shape index (κ2) is 11.4. The highest BCUT2D eigenvalue weighted by molar-refractivity contribution is 5.90. The quantitative estimate of drug-likeness (QED) is 0.457. The molecule has 0 unspecified atom stereocenters. The number of halogens is 1. The van der Waals surface area contributed by atoms with Gasteiger partial charge in [-0.1, -0.05) is 82.3 Å². The van der Waals surface area contributed by atoms with Gasteiger partial charge in [0.05, 0.1) is 0 Å². The van der Waals surface area contributed by atoms with Crippen molar-refractivity contribution in [2.24, 2.45) is 0 Å². The van der Waals surface area contributed by atoms with Gasteiger partial charge >= 0.3 is 0 Å². The van der Waals surface area contributed by atoms with Gasteiger partial charge in [-0.3, -0.25) is 0 Å². The van der Waals surface area contributed by atoms with Crippen molar-refractivity contribution in [3.63, 3.8) is 0 Å². The molecule has 2 aromatic rings. The van der Waals surface area contributed by atoms with E-state index in [0.29, 0.717) is 11.1 Å². The van der Waals surface area contributed by atoms with Crippen LogP contribution in [0.4, 0.5) is 4.39 Å². The summed E-state index contributed by atoms with van der Waals surface area (Å²) in [6, 6.07) is 12.0. The molecule has 0 bridgehead atoms. The number of benzene rings is 2. The van der Waals surface area contributed by atoms with Crippen molar-refractivity contribution in [1.29, 1.82) is 0 Å². The average Bonchev–Trinajstić information content (AvgIpc) is 2.68. The van der Waals surface area contributed by atoms with Crippen molar-refractivity contribution >= 4 is 11.1 Å². The first-order chi connectivity index (χ1) is 13.3. The van der Waals surface area contributed by atoms with Crippen LogP contribution in [0.25, 0.3) is 11.1 Å². The molecule has 0 fully saturated rings. The predicted octanol–water partition coefficient (Wildman–Crippen LogP) is 8.56. The Morgan fingerprint density at radius 2 is 1.64 bits per heavy atom. The fraction of sp³-hybridized carbons (Fsp3) is 0.333. The molecule has 0 atom stereocenters. The second-order valence-corrected chi connectivity index (χ2v) is 7.16. The van der Waals surface area contributed by atoms with Gasteiger partial charge in [0, 0.05) is 11.1 Å². The van der Waals surface area contributed by atoms with Crippen LogP contribution in [0.15, 0.2) is 61.0 Å². The SMILES string of the molecule is C=C(/C(F)=C(\C=C/C)c1cccc(C)c1C)c1ccc(CC)c(C)c1.CCC. The van der Waals surface area contributed by atoms with Crippen LogP contribution in [0.5, 0.6) is 0 Å². The van der Waals surface area contributed by atoms with E-state index in [1.54, 1.807) is 0 Å². The molecule has 150 valence electrons. The van der Waals surface area contributed by atoms with Crippen LogP contribution in [0.1, 0.15) is 67.5 Å². The highest BCUT2D eigenvalue weighted by atomic mass is 19.1. The maximum atomic E-state index is 15.4. The molecule has 0 amide bonds. The van der Waals surface area contributed by atoms with Gasteiger partial charge in [-0.05, 0) is 67.5 Å². The highest BCUT2D eigenvalue weighted by Gasteiger charge is 2.15. The summed E-state index contributed by atoms with van der Waals surface area (Å²) in [6.07, 6.45) is 5.92. The molecule has 0 heterocycles. The van der Waals surface area contributed by atoms with Crippen molar-refractivity contribution in [3.05, 3.63) is 94.3 Å². The average molecular weight is 379 g/mol. The molecule has 0 aliphatic carbocycles. The molecule has 0 N–H and O–H groups in total. The summed E-state index contributed by atoms with van der Waals surface area (Å²) in [5.41, 5.74) is 7.47. The van der Waals surface area contributed by atoms with Gasteiger partial charge < -0.3 is 0 Å². The van der Waals surface area contributed by atoms with E-state index in [1.807, 2.05) is 63.3 Å². The van der Waals surface area contributed by atoms with Crippen LogP contribution in [0.3, 0.4) is 0 Å². The van der Waals surface area contributed by atoms with Gasteiger partial charge in [-0.25, -0.2) is 4.39 Å². The minimum Gasteiger partial charge on any atom is -0.206 e. The maximum Gasteiger partial charge on any atom is 0.138 e. The number of rotatable bonds is 5. The second-order valence-electron chi connectivity index (χ2n) is 7.16. The summed E-state index contributed by atoms with van der Waals surface area (Å²) >= 11 is 0. The van der Waals surface area contributed by atoms with E-state index < -0.39 is 0 Å². The van der Waals surface area contributed by atoms with E-state index in [0.717, 1.165) is 28.7 Å². The Balaban J connectivity index is 0.00000122. The fourth-order valence-electron chi connectivity index (χ4n) is 3.06. The molecule has 0 aliphatic heterocycles. The highest BCUT2D eigenvalue weighted by Crippen LogP contribution is 2.33. The third-order valence-electron chi connectivity index (χ3n) is 4.80. The standard InChI is InChI=1S/C24H27F.C3H8/c1-7-10-23(22-12-9-11-16(3)18(22)5)24(25)19(6)21-14-13-20(8-2)17(4)15-21;1-3-2/h7,9-15H,6,8H2,1-5H3;3H2,1-2H3/b10-7-,24-23-;. The van der Waals surface area contributed by atoms with E-state index in [9.17, 15) is 0 Å². The van der Waals surface area contributed by atoms with Crippen LogP contribution >= 0.6 is 0 Å². The zero-order chi connectivity index (χ0) is 21.3. The minimum atomic E-state index is -0.268. The van der Waals surface area contributed by atoms with Crippen LogP contribution in [0, 0.1) is 20.8 Å². The lowest BCUT2D eigenvalue weighted by atomic mass is 9.92. The number of hydrogen-bond acceptors (Lipinski definition) is 0. The molecule has 0 spiro atoms. The van der Waals surface area contributed by atoms with Crippen LogP contribution in [-0.4, -0.2) is 0 Å². The molecular weight excluding hydrogens is 343 g/mol. The van der Waals surface area contributed by atoms with Crippen molar-refractivity contribution in [3.8, 4) is 0 Å². The van der Waals surface area contributed by atoms with E-state index >= 15 is 4.39 Å². The number of aryl methyl sites for hydroxylation is 3. The molecule has 0 aliphatic rings. The lowest BCUT2D eigenvalue weighted by Gasteiger charge is -2.14. The normalized spacial score (nSPS) is 11.7. The van der Waals surface area contributed by atoms with E-state index in [2.05, 4.69) is 40.3 Å². The molecule has 0 radical (unpaired) electrons. The lowest BCUT2D eigenvalue weighted by molar-refractivity contribution is 0.678.